The molecule has 0 unspecified atom stereocenters. The van der Waals surface area contributed by atoms with E-state index >= 15 is 0 Å². The van der Waals surface area contributed by atoms with E-state index in [1.54, 1.807) is 29.2 Å². The minimum absolute atomic E-state index is 0.0391. The molecule has 0 spiro atoms. The Hall–Kier alpha value is -3.61. The Morgan fingerprint density at radius 2 is 1.69 bits per heavy atom. The molecule has 0 N–H and O–H groups in total. The molecule has 0 radical (unpaired) electrons. The SMILES string of the molecule is CCCCN(CC(=O)N(Cc1ccccc1)Cc1coc2ccc(C)cc2c1=O)C(=O)c1ccc(Cl)cc1Cl. The first kappa shape index (κ1) is 28.4. The average molecular weight is 565 g/mol. The molecule has 0 saturated heterocycles. The number of benzene rings is 3. The van der Waals surface area contributed by atoms with Crippen molar-refractivity contribution >= 4 is 46.0 Å². The van der Waals surface area contributed by atoms with Gasteiger partial charge in [-0.2, -0.15) is 0 Å². The summed E-state index contributed by atoms with van der Waals surface area (Å²) in [6.07, 6.45) is 2.98. The van der Waals surface area contributed by atoms with Crippen LogP contribution in [0.15, 0.2) is 82.2 Å². The minimum atomic E-state index is -0.348. The zero-order valence-electron chi connectivity index (χ0n) is 22.0. The van der Waals surface area contributed by atoms with Crippen molar-refractivity contribution in [1.29, 1.82) is 0 Å². The van der Waals surface area contributed by atoms with E-state index < -0.39 is 0 Å². The maximum Gasteiger partial charge on any atom is 0.255 e. The summed E-state index contributed by atoms with van der Waals surface area (Å²) in [5.41, 5.74) is 2.80. The molecule has 0 aliphatic heterocycles. The van der Waals surface area contributed by atoms with Gasteiger partial charge in [0.1, 0.15) is 12.1 Å². The van der Waals surface area contributed by atoms with E-state index in [-0.39, 0.29) is 47.5 Å². The number of aryl methyl sites for hydroxylation is 1. The molecule has 0 bridgehead atoms. The normalized spacial score (nSPS) is 11.0. The molecule has 0 aliphatic rings. The molecule has 4 rings (SSSR count). The van der Waals surface area contributed by atoms with Gasteiger partial charge < -0.3 is 14.2 Å². The van der Waals surface area contributed by atoms with E-state index in [0.717, 1.165) is 24.0 Å². The quantitative estimate of drug-likeness (QED) is 0.210. The van der Waals surface area contributed by atoms with Gasteiger partial charge in [-0.15, -0.1) is 0 Å². The maximum absolute atomic E-state index is 13.8. The van der Waals surface area contributed by atoms with E-state index in [4.69, 9.17) is 27.6 Å². The summed E-state index contributed by atoms with van der Waals surface area (Å²) in [5.74, 6) is -0.643. The highest BCUT2D eigenvalue weighted by molar-refractivity contribution is 6.36. The van der Waals surface area contributed by atoms with Crippen LogP contribution >= 0.6 is 23.2 Å². The molecule has 0 saturated carbocycles. The lowest BCUT2D eigenvalue weighted by atomic mass is 10.1. The van der Waals surface area contributed by atoms with Gasteiger partial charge in [0.25, 0.3) is 5.91 Å². The number of fused-ring (bicyclic) bond motifs is 1. The second-order valence-corrected chi connectivity index (χ2v) is 10.4. The Morgan fingerprint density at radius 3 is 2.41 bits per heavy atom. The summed E-state index contributed by atoms with van der Waals surface area (Å²) >= 11 is 12.3. The van der Waals surface area contributed by atoms with Crippen LogP contribution < -0.4 is 5.43 Å². The van der Waals surface area contributed by atoms with Gasteiger partial charge >= 0.3 is 0 Å². The predicted molar refractivity (Wildman–Crippen MR) is 155 cm³/mol. The third-order valence-electron chi connectivity index (χ3n) is 6.49. The number of carbonyl (C=O) groups is 2. The fourth-order valence-electron chi connectivity index (χ4n) is 4.33. The number of rotatable bonds is 10. The summed E-state index contributed by atoms with van der Waals surface area (Å²) in [5, 5.41) is 1.12. The smallest absolute Gasteiger partial charge is 0.255 e. The Bertz CT molecular complexity index is 1540. The topological polar surface area (TPSA) is 70.8 Å². The van der Waals surface area contributed by atoms with E-state index in [0.29, 0.717) is 28.1 Å². The molecule has 0 fully saturated rings. The van der Waals surface area contributed by atoms with Crippen LogP contribution in [0.1, 0.15) is 46.8 Å². The first-order valence-electron chi connectivity index (χ1n) is 12.8. The van der Waals surface area contributed by atoms with Crippen molar-refractivity contribution in [3.05, 3.63) is 116 Å². The lowest BCUT2D eigenvalue weighted by Crippen LogP contribution is -2.43. The van der Waals surface area contributed by atoms with Gasteiger partial charge in [0.15, 0.2) is 5.43 Å². The van der Waals surface area contributed by atoms with Gasteiger partial charge in [0.05, 0.1) is 34.3 Å². The van der Waals surface area contributed by atoms with Crippen LogP contribution in [-0.4, -0.2) is 34.7 Å². The number of nitrogens with zero attached hydrogens (tertiary/aromatic N) is 2. The van der Waals surface area contributed by atoms with Gasteiger partial charge in [-0.05, 0) is 49.2 Å². The van der Waals surface area contributed by atoms with Gasteiger partial charge in [-0.3, -0.25) is 14.4 Å². The summed E-state index contributed by atoms with van der Waals surface area (Å²) < 4.78 is 5.73. The van der Waals surface area contributed by atoms with Crippen LogP contribution in [0.3, 0.4) is 0 Å². The summed E-state index contributed by atoms with van der Waals surface area (Å²) in [7, 11) is 0. The molecule has 202 valence electrons. The van der Waals surface area contributed by atoms with Crippen LogP contribution in [0.2, 0.25) is 10.0 Å². The molecule has 0 atom stereocenters. The average Bonchev–Trinajstić information content (AvgIpc) is 2.92. The highest BCUT2D eigenvalue weighted by atomic mass is 35.5. The van der Waals surface area contributed by atoms with Gasteiger partial charge in [-0.1, -0.05) is 78.5 Å². The fourth-order valence-corrected chi connectivity index (χ4v) is 4.82. The minimum Gasteiger partial charge on any atom is -0.464 e. The molecule has 6 nitrogen and oxygen atoms in total. The van der Waals surface area contributed by atoms with Crippen LogP contribution in [0.5, 0.6) is 0 Å². The molecule has 0 aliphatic carbocycles. The second kappa shape index (κ2) is 13.0. The van der Waals surface area contributed by atoms with Crippen molar-refractivity contribution in [3.8, 4) is 0 Å². The highest BCUT2D eigenvalue weighted by Gasteiger charge is 2.25. The number of unbranched alkanes of at least 4 members (excludes halogenated alkanes) is 1. The van der Waals surface area contributed by atoms with E-state index in [9.17, 15) is 14.4 Å². The van der Waals surface area contributed by atoms with Gasteiger partial charge in [0.2, 0.25) is 5.91 Å². The van der Waals surface area contributed by atoms with Crippen molar-refractivity contribution < 1.29 is 14.0 Å². The molecular formula is C31H30Cl2N2O4. The Kier molecular flexibility index (Phi) is 9.44. The Balaban J connectivity index is 1.64. The third-order valence-corrected chi connectivity index (χ3v) is 7.03. The maximum atomic E-state index is 13.8. The van der Waals surface area contributed by atoms with Crippen LogP contribution in [0.25, 0.3) is 11.0 Å². The van der Waals surface area contributed by atoms with Crippen LogP contribution in [0, 0.1) is 6.92 Å². The van der Waals surface area contributed by atoms with E-state index in [1.165, 1.54) is 17.2 Å². The fraction of sp³-hybridized carbons (Fsp3) is 0.258. The molecule has 39 heavy (non-hydrogen) atoms. The standard InChI is InChI=1S/C31H30Cl2N2O4/c1-3-4-14-34(31(38)25-12-11-24(32)16-27(25)33)19-29(36)35(17-22-8-6-5-7-9-22)18-23-20-39-28-13-10-21(2)15-26(28)30(23)37/h5-13,15-16,20H,3-4,14,17-19H2,1-2H3. The lowest BCUT2D eigenvalue weighted by molar-refractivity contribution is -0.133. The summed E-state index contributed by atoms with van der Waals surface area (Å²) in [6, 6.07) is 19.6. The van der Waals surface area contributed by atoms with E-state index in [2.05, 4.69) is 0 Å². The van der Waals surface area contributed by atoms with Crippen LogP contribution in [-0.2, 0) is 17.9 Å². The van der Waals surface area contributed by atoms with Crippen molar-refractivity contribution in [1.82, 2.24) is 9.80 Å². The number of amides is 2. The van der Waals surface area contributed by atoms with E-state index in [1.807, 2.05) is 50.2 Å². The molecule has 8 heteroatoms. The number of halogens is 2. The third kappa shape index (κ3) is 7.08. The predicted octanol–water partition coefficient (Wildman–Crippen LogP) is 6.88. The van der Waals surface area contributed by atoms with Crippen molar-refractivity contribution in [2.24, 2.45) is 0 Å². The monoisotopic (exact) mass is 564 g/mol. The second-order valence-electron chi connectivity index (χ2n) is 9.53. The Labute approximate surface area is 237 Å². The number of hydrogen-bond donors (Lipinski definition) is 0. The molecule has 4 aromatic rings. The Morgan fingerprint density at radius 1 is 0.923 bits per heavy atom. The molecule has 3 aromatic carbocycles. The largest absolute Gasteiger partial charge is 0.464 e. The summed E-state index contributed by atoms with van der Waals surface area (Å²) in [6.45, 7) is 4.45. The van der Waals surface area contributed by atoms with Crippen LogP contribution in [0.4, 0.5) is 0 Å². The number of carbonyl (C=O) groups excluding carboxylic acids is 2. The van der Waals surface area contributed by atoms with Gasteiger partial charge in [0, 0.05) is 18.1 Å². The number of hydrogen-bond acceptors (Lipinski definition) is 4. The molecular weight excluding hydrogens is 535 g/mol. The first-order chi connectivity index (χ1) is 18.8. The summed E-state index contributed by atoms with van der Waals surface area (Å²) in [4.78, 5) is 43.6. The van der Waals surface area contributed by atoms with Crippen molar-refractivity contribution in [2.45, 2.75) is 39.8 Å². The zero-order valence-corrected chi connectivity index (χ0v) is 23.5. The lowest BCUT2D eigenvalue weighted by Gasteiger charge is -2.28. The van der Waals surface area contributed by atoms with Gasteiger partial charge in [-0.25, -0.2) is 0 Å². The van der Waals surface area contributed by atoms with Crippen molar-refractivity contribution in [2.75, 3.05) is 13.1 Å². The molecule has 1 aromatic heterocycles. The first-order valence-corrected chi connectivity index (χ1v) is 13.6. The highest BCUT2D eigenvalue weighted by Crippen LogP contribution is 2.23. The van der Waals surface area contributed by atoms with Crippen molar-refractivity contribution in [3.63, 3.8) is 0 Å². The molecule has 2 amide bonds. The zero-order chi connectivity index (χ0) is 27.9. The molecule has 1 heterocycles.